The first-order valence-corrected chi connectivity index (χ1v) is 5.11. The number of rotatable bonds is 1. The molecule has 2 atom stereocenters. The van der Waals surface area contributed by atoms with E-state index in [4.69, 9.17) is 0 Å². The van der Waals surface area contributed by atoms with Crippen LogP contribution in [0.3, 0.4) is 0 Å². The van der Waals surface area contributed by atoms with Crippen LogP contribution in [0.4, 0.5) is 0 Å². The van der Waals surface area contributed by atoms with Crippen LogP contribution in [-0.4, -0.2) is 41.8 Å². The Labute approximate surface area is 71.2 Å². The summed E-state index contributed by atoms with van der Waals surface area (Å²) in [5.74, 6) is 0. The molecule has 2 aliphatic heterocycles. The molecule has 2 unspecified atom stereocenters. The van der Waals surface area contributed by atoms with Crippen LogP contribution < -0.4 is 0 Å². The summed E-state index contributed by atoms with van der Waals surface area (Å²) in [6, 6.07) is 0.870. The van der Waals surface area contributed by atoms with Gasteiger partial charge in [-0.25, -0.2) is 0 Å². The molecule has 2 heterocycles. The van der Waals surface area contributed by atoms with Crippen molar-refractivity contribution in [1.29, 1.82) is 0 Å². The largest absolute Gasteiger partial charge is 0.299 e. The van der Waals surface area contributed by atoms with E-state index < -0.39 is 0 Å². The first kappa shape index (κ1) is 7.97. The van der Waals surface area contributed by atoms with Crippen molar-refractivity contribution in [2.75, 3.05) is 26.2 Å². The van der Waals surface area contributed by atoms with Gasteiger partial charge in [-0.05, 0) is 32.4 Å². The minimum absolute atomic E-state index is 0.870. The third kappa shape index (κ3) is 1.74. The highest BCUT2D eigenvalue weighted by Crippen LogP contribution is 2.21. The summed E-state index contributed by atoms with van der Waals surface area (Å²) < 4.78 is 2.36. The summed E-state index contributed by atoms with van der Waals surface area (Å²) in [5, 5.41) is 0. The van der Waals surface area contributed by atoms with E-state index in [1.165, 1.54) is 45.4 Å². The third-order valence-corrected chi connectivity index (χ3v) is 3.32. The van der Waals surface area contributed by atoms with Gasteiger partial charge in [0.15, 0.2) is 0 Å². The van der Waals surface area contributed by atoms with Gasteiger partial charge in [-0.1, -0.05) is 9.39 Å². The maximum absolute atomic E-state index is 2.81. The first-order chi connectivity index (χ1) is 5.36. The van der Waals surface area contributed by atoms with Crippen molar-refractivity contribution in [3.05, 3.63) is 0 Å². The van der Waals surface area contributed by atoms with Crippen LogP contribution in [0.25, 0.3) is 0 Å². The SMILES string of the molecule is PN1CCC(N2CCCC2)C1. The Hall–Kier alpha value is 0.350. The zero-order valence-corrected chi connectivity index (χ0v) is 8.15. The van der Waals surface area contributed by atoms with E-state index in [0.717, 1.165) is 6.04 Å². The standard InChI is InChI=1S/C8H17N2P/c11-10-6-3-8(7-10)9-4-1-2-5-9/h8H,1-7,11H2. The van der Waals surface area contributed by atoms with Crippen LogP contribution in [-0.2, 0) is 0 Å². The molecule has 2 aliphatic rings. The highest BCUT2D eigenvalue weighted by molar-refractivity contribution is 7.13. The highest BCUT2D eigenvalue weighted by atomic mass is 31.0. The molecule has 0 bridgehead atoms. The van der Waals surface area contributed by atoms with Crippen molar-refractivity contribution in [3.63, 3.8) is 0 Å². The van der Waals surface area contributed by atoms with Gasteiger partial charge in [0.2, 0.25) is 0 Å². The highest BCUT2D eigenvalue weighted by Gasteiger charge is 2.27. The van der Waals surface area contributed by atoms with Gasteiger partial charge in [-0.2, -0.15) is 0 Å². The molecule has 0 radical (unpaired) electrons. The topological polar surface area (TPSA) is 6.48 Å². The average molecular weight is 172 g/mol. The van der Waals surface area contributed by atoms with E-state index in [-0.39, 0.29) is 0 Å². The Balaban J connectivity index is 1.85. The van der Waals surface area contributed by atoms with Gasteiger partial charge in [-0.15, -0.1) is 0 Å². The predicted molar refractivity (Wildman–Crippen MR) is 50.5 cm³/mol. The normalized spacial score (nSPS) is 35.2. The van der Waals surface area contributed by atoms with Crippen LogP contribution in [0.2, 0.25) is 0 Å². The minimum atomic E-state index is 0.870. The van der Waals surface area contributed by atoms with Crippen molar-refractivity contribution >= 4 is 9.39 Å². The fourth-order valence-electron chi connectivity index (χ4n) is 2.17. The summed E-state index contributed by atoms with van der Waals surface area (Å²) in [7, 11) is 2.81. The van der Waals surface area contributed by atoms with E-state index >= 15 is 0 Å². The molecule has 2 fully saturated rings. The Kier molecular flexibility index (Phi) is 2.45. The van der Waals surface area contributed by atoms with Crippen LogP contribution in [0.15, 0.2) is 0 Å². The van der Waals surface area contributed by atoms with Crippen molar-refractivity contribution in [1.82, 2.24) is 9.57 Å². The van der Waals surface area contributed by atoms with E-state index in [1.807, 2.05) is 0 Å². The molecule has 2 saturated heterocycles. The second-order valence-electron chi connectivity index (χ2n) is 3.68. The van der Waals surface area contributed by atoms with E-state index in [1.54, 1.807) is 0 Å². The molecular formula is C8H17N2P. The van der Waals surface area contributed by atoms with Crippen molar-refractivity contribution in [3.8, 4) is 0 Å². The molecule has 3 heteroatoms. The van der Waals surface area contributed by atoms with Gasteiger partial charge in [-0.3, -0.25) is 9.57 Å². The van der Waals surface area contributed by atoms with Crippen LogP contribution >= 0.6 is 9.39 Å². The van der Waals surface area contributed by atoms with Gasteiger partial charge in [0.25, 0.3) is 0 Å². The molecule has 0 saturated carbocycles. The fourth-order valence-corrected chi connectivity index (χ4v) is 2.57. The molecule has 0 amide bonds. The zero-order chi connectivity index (χ0) is 7.68. The molecule has 0 aromatic rings. The summed E-state index contributed by atoms with van der Waals surface area (Å²) >= 11 is 0. The fraction of sp³-hybridized carbons (Fsp3) is 1.00. The number of likely N-dealkylation sites (tertiary alicyclic amines) is 1. The first-order valence-electron chi connectivity index (χ1n) is 4.60. The molecule has 0 spiro atoms. The number of hydrogen-bond donors (Lipinski definition) is 0. The van der Waals surface area contributed by atoms with E-state index in [0.29, 0.717) is 0 Å². The predicted octanol–water partition coefficient (Wildman–Crippen LogP) is 0.947. The second kappa shape index (κ2) is 3.38. The molecular weight excluding hydrogens is 155 g/mol. The quantitative estimate of drug-likeness (QED) is 0.543. The van der Waals surface area contributed by atoms with Gasteiger partial charge >= 0.3 is 0 Å². The van der Waals surface area contributed by atoms with Crippen LogP contribution in [0, 0.1) is 0 Å². The van der Waals surface area contributed by atoms with Crippen LogP contribution in [0.1, 0.15) is 19.3 Å². The Bertz CT molecular complexity index is 134. The van der Waals surface area contributed by atoms with Crippen LogP contribution in [0.5, 0.6) is 0 Å². The Morgan fingerprint density at radius 3 is 2.36 bits per heavy atom. The maximum atomic E-state index is 2.81. The Morgan fingerprint density at radius 1 is 1.09 bits per heavy atom. The second-order valence-corrected chi connectivity index (χ2v) is 4.41. The molecule has 0 N–H and O–H groups in total. The van der Waals surface area contributed by atoms with Gasteiger partial charge in [0.05, 0.1) is 0 Å². The van der Waals surface area contributed by atoms with Crippen molar-refractivity contribution < 1.29 is 0 Å². The summed E-state index contributed by atoms with van der Waals surface area (Å²) in [5.41, 5.74) is 0. The molecule has 0 aromatic carbocycles. The summed E-state index contributed by atoms with van der Waals surface area (Å²) in [6.07, 6.45) is 4.23. The lowest BCUT2D eigenvalue weighted by Gasteiger charge is -2.22. The monoisotopic (exact) mass is 172 g/mol. The number of hydrogen-bond acceptors (Lipinski definition) is 2. The molecule has 0 aromatic heterocycles. The molecule has 0 aliphatic carbocycles. The van der Waals surface area contributed by atoms with Gasteiger partial charge in [0, 0.05) is 19.1 Å². The molecule has 11 heavy (non-hydrogen) atoms. The lowest BCUT2D eigenvalue weighted by molar-refractivity contribution is 0.252. The lowest BCUT2D eigenvalue weighted by Crippen LogP contribution is -2.33. The minimum Gasteiger partial charge on any atom is -0.299 e. The van der Waals surface area contributed by atoms with Gasteiger partial charge < -0.3 is 0 Å². The summed E-state index contributed by atoms with van der Waals surface area (Å²) in [6.45, 7) is 5.24. The zero-order valence-electron chi connectivity index (χ0n) is 7.00. The van der Waals surface area contributed by atoms with E-state index in [9.17, 15) is 0 Å². The van der Waals surface area contributed by atoms with Gasteiger partial charge in [0.1, 0.15) is 0 Å². The third-order valence-electron chi connectivity index (χ3n) is 2.85. The molecule has 2 rings (SSSR count). The average Bonchev–Trinajstić information content (AvgIpc) is 2.55. The Morgan fingerprint density at radius 2 is 1.82 bits per heavy atom. The smallest absolute Gasteiger partial charge is 0.0238 e. The van der Waals surface area contributed by atoms with E-state index in [2.05, 4.69) is 19.0 Å². The molecule has 2 nitrogen and oxygen atoms in total. The van der Waals surface area contributed by atoms with Crippen molar-refractivity contribution in [2.24, 2.45) is 0 Å². The number of nitrogens with zero attached hydrogens (tertiary/aromatic N) is 2. The maximum Gasteiger partial charge on any atom is 0.0238 e. The summed E-state index contributed by atoms with van der Waals surface area (Å²) in [4.78, 5) is 2.66. The molecule has 64 valence electrons. The lowest BCUT2D eigenvalue weighted by atomic mass is 10.2. The van der Waals surface area contributed by atoms with Crippen molar-refractivity contribution in [2.45, 2.75) is 25.3 Å².